The third-order valence-electron chi connectivity index (χ3n) is 4.23. The molecule has 0 aliphatic carbocycles. The highest BCUT2D eigenvalue weighted by molar-refractivity contribution is 5.57. The van der Waals surface area contributed by atoms with Gasteiger partial charge in [0.05, 0.1) is 25.8 Å². The van der Waals surface area contributed by atoms with Crippen molar-refractivity contribution in [3.63, 3.8) is 0 Å². The monoisotopic (exact) mass is 309 g/mol. The number of ether oxygens (including phenoxy) is 2. The van der Waals surface area contributed by atoms with Crippen molar-refractivity contribution in [2.24, 2.45) is 0 Å². The molecule has 0 bridgehead atoms. The Bertz CT molecular complexity index is 739. The van der Waals surface area contributed by atoms with E-state index in [0.29, 0.717) is 5.56 Å². The summed E-state index contributed by atoms with van der Waals surface area (Å²) < 4.78 is 10.8. The van der Waals surface area contributed by atoms with Crippen molar-refractivity contribution in [3.8, 4) is 17.6 Å². The van der Waals surface area contributed by atoms with Gasteiger partial charge in [-0.2, -0.15) is 5.26 Å². The fourth-order valence-electron chi connectivity index (χ4n) is 3.15. The minimum Gasteiger partial charge on any atom is -0.497 e. The second-order valence-corrected chi connectivity index (χ2v) is 5.45. The van der Waals surface area contributed by atoms with Crippen LogP contribution in [0.15, 0.2) is 36.5 Å². The maximum Gasteiger partial charge on any atom is 0.146 e. The van der Waals surface area contributed by atoms with Crippen LogP contribution in [-0.2, 0) is 0 Å². The molecule has 1 saturated heterocycles. The smallest absolute Gasteiger partial charge is 0.146 e. The third kappa shape index (κ3) is 2.80. The average molecular weight is 309 g/mol. The third-order valence-corrected chi connectivity index (χ3v) is 4.23. The highest BCUT2D eigenvalue weighted by Crippen LogP contribution is 2.41. The highest BCUT2D eigenvalue weighted by atomic mass is 16.5. The normalized spacial score (nSPS) is 16.9. The molecule has 2 aromatic rings. The van der Waals surface area contributed by atoms with Crippen LogP contribution in [0.4, 0.5) is 5.82 Å². The Labute approximate surface area is 136 Å². The van der Waals surface area contributed by atoms with Gasteiger partial charge in [0.25, 0.3) is 0 Å². The number of methoxy groups -OCH3 is 2. The Morgan fingerprint density at radius 2 is 2.13 bits per heavy atom. The number of pyridine rings is 1. The van der Waals surface area contributed by atoms with Crippen LogP contribution in [0.2, 0.25) is 0 Å². The molecule has 1 fully saturated rings. The Hall–Kier alpha value is -2.74. The van der Waals surface area contributed by atoms with Gasteiger partial charge in [-0.3, -0.25) is 0 Å². The number of aromatic nitrogens is 1. The Morgan fingerprint density at radius 3 is 2.87 bits per heavy atom. The average Bonchev–Trinajstić information content (AvgIpc) is 3.10. The van der Waals surface area contributed by atoms with Crippen molar-refractivity contribution < 1.29 is 9.47 Å². The van der Waals surface area contributed by atoms with Crippen molar-refractivity contribution in [2.75, 3.05) is 25.7 Å². The van der Waals surface area contributed by atoms with E-state index in [1.807, 2.05) is 24.3 Å². The summed E-state index contributed by atoms with van der Waals surface area (Å²) in [7, 11) is 3.31. The maximum atomic E-state index is 9.35. The molecule has 0 saturated carbocycles. The second kappa shape index (κ2) is 6.57. The summed E-state index contributed by atoms with van der Waals surface area (Å²) in [6.45, 7) is 0.880. The number of nitriles is 1. The molecule has 0 N–H and O–H groups in total. The molecule has 0 amide bonds. The van der Waals surface area contributed by atoms with Gasteiger partial charge in [0.2, 0.25) is 0 Å². The summed E-state index contributed by atoms with van der Waals surface area (Å²) >= 11 is 0. The van der Waals surface area contributed by atoms with E-state index >= 15 is 0 Å². The van der Waals surface area contributed by atoms with Crippen LogP contribution < -0.4 is 14.4 Å². The van der Waals surface area contributed by atoms with E-state index in [1.54, 1.807) is 26.5 Å². The second-order valence-electron chi connectivity index (χ2n) is 5.45. The van der Waals surface area contributed by atoms with Crippen LogP contribution in [-0.4, -0.2) is 25.7 Å². The molecule has 1 aliphatic heterocycles. The van der Waals surface area contributed by atoms with Gasteiger partial charge in [-0.05, 0) is 37.1 Å². The van der Waals surface area contributed by atoms with Gasteiger partial charge in [0.1, 0.15) is 23.4 Å². The van der Waals surface area contributed by atoms with Gasteiger partial charge in [0, 0.05) is 24.4 Å². The zero-order valence-electron chi connectivity index (χ0n) is 13.3. The SMILES string of the molecule is COc1ccc([C@@H]2CCCN2c2ncccc2C#N)c(OC)c1. The summed E-state index contributed by atoms with van der Waals surface area (Å²) in [4.78, 5) is 6.63. The molecule has 23 heavy (non-hydrogen) atoms. The zero-order chi connectivity index (χ0) is 16.2. The lowest BCUT2D eigenvalue weighted by Crippen LogP contribution is -2.24. The number of anilines is 1. The molecule has 1 aliphatic rings. The Kier molecular flexibility index (Phi) is 4.33. The summed E-state index contributed by atoms with van der Waals surface area (Å²) in [5, 5.41) is 9.35. The van der Waals surface area contributed by atoms with Gasteiger partial charge in [-0.15, -0.1) is 0 Å². The standard InChI is InChI=1S/C18H19N3O2/c1-22-14-7-8-15(17(11-14)23-2)16-6-4-10-21(16)18-13(12-19)5-3-9-20-18/h3,5,7-9,11,16H,4,6,10H2,1-2H3/t16-/m0/s1. The number of rotatable bonds is 4. The predicted molar refractivity (Wildman–Crippen MR) is 87.8 cm³/mol. The van der Waals surface area contributed by atoms with Gasteiger partial charge < -0.3 is 14.4 Å². The summed E-state index contributed by atoms with van der Waals surface area (Å²) in [6.07, 6.45) is 3.79. The largest absolute Gasteiger partial charge is 0.497 e. The van der Waals surface area contributed by atoms with Crippen molar-refractivity contribution in [2.45, 2.75) is 18.9 Å². The molecule has 1 atom stereocenters. The molecule has 5 nitrogen and oxygen atoms in total. The lowest BCUT2D eigenvalue weighted by atomic mass is 10.0. The minimum absolute atomic E-state index is 0.151. The Morgan fingerprint density at radius 1 is 1.26 bits per heavy atom. The summed E-state index contributed by atoms with van der Waals surface area (Å²) in [5.41, 5.74) is 1.70. The first-order valence-electron chi connectivity index (χ1n) is 7.62. The van der Waals surface area contributed by atoms with Crippen molar-refractivity contribution in [1.82, 2.24) is 4.98 Å². The Balaban J connectivity index is 2.01. The van der Waals surface area contributed by atoms with Crippen molar-refractivity contribution in [3.05, 3.63) is 47.7 Å². The first kappa shape index (κ1) is 15.2. The molecular weight excluding hydrogens is 290 g/mol. The minimum atomic E-state index is 0.151. The molecule has 1 aromatic heterocycles. The number of hydrogen-bond acceptors (Lipinski definition) is 5. The van der Waals surface area contributed by atoms with Crippen LogP contribution in [0.3, 0.4) is 0 Å². The van der Waals surface area contributed by atoms with E-state index in [2.05, 4.69) is 16.0 Å². The molecule has 0 spiro atoms. The fourth-order valence-corrected chi connectivity index (χ4v) is 3.15. The van der Waals surface area contributed by atoms with Crippen LogP contribution in [0.1, 0.15) is 30.0 Å². The van der Waals surface area contributed by atoms with Crippen LogP contribution in [0.5, 0.6) is 11.5 Å². The van der Waals surface area contributed by atoms with Gasteiger partial charge >= 0.3 is 0 Å². The van der Waals surface area contributed by atoms with Crippen molar-refractivity contribution >= 4 is 5.82 Å². The molecule has 5 heteroatoms. The quantitative estimate of drug-likeness (QED) is 0.867. The van der Waals surface area contributed by atoms with E-state index in [4.69, 9.17) is 9.47 Å². The molecule has 1 aromatic carbocycles. The number of nitrogens with zero attached hydrogens (tertiary/aromatic N) is 3. The van der Waals surface area contributed by atoms with Crippen LogP contribution >= 0.6 is 0 Å². The first-order chi connectivity index (χ1) is 11.3. The summed E-state index contributed by atoms with van der Waals surface area (Å²) in [5.74, 6) is 2.32. The fraction of sp³-hybridized carbons (Fsp3) is 0.333. The molecule has 3 rings (SSSR count). The molecule has 0 unspecified atom stereocenters. The van der Waals surface area contributed by atoms with E-state index in [9.17, 15) is 5.26 Å². The predicted octanol–water partition coefficient (Wildman–Crippen LogP) is 3.31. The molecular formula is C18H19N3O2. The highest BCUT2D eigenvalue weighted by Gasteiger charge is 2.30. The van der Waals surface area contributed by atoms with Gasteiger partial charge in [0.15, 0.2) is 0 Å². The number of hydrogen-bond donors (Lipinski definition) is 0. The molecule has 118 valence electrons. The first-order valence-corrected chi connectivity index (χ1v) is 7.62. The maximum absolute atomic E-state index is 9.35. The molecule has 2 heterocycles. The van der Waals surface area contributed by atoms with E-state index < -0.39 is 0 Å². The van der Waals surface area contributed by atoms with E-state index in [-0.39, 0.29) is 6.04 Å². The zero-order valence-corrected chi connectivity index (χ0v) is 13.3. The number of benzene rings is 1. The van der Waals surface area contributed by atoms with Crippen LogP contribution in [0.25, 0.3) is 0 Å². The van der Waals surface area contributed by atoms with E-state index in [0.717, 1.165) is 42.3 Å². The van der Waals surface area contributed by atoms with Crippen LogP contribution in [0, 0.1) is 11.3 Å². The van der Waals surface area contributed by atoms with Crippen molar-refractivity contribution in [1.29, 1.82) is 5.26 Å². The van der Waals surface area contributed by atoms with E-state index in [1.165, 1.54) is 0 Å². The molecule has 0 radical (unpaired) electrons. The topological polar surface area (TPSA) is 58.4 Å². The van der Waals surface area contributed by atoms with Gasteiger partial charge in [-0.1, -0.05) is 0 Å². The van der Waals surface area contributed by atoms with Gasteiger partial charge in [-0.25, -0.2) is 4.98 Å². The lowest BCUT2D eigenvalue weighted by Gasteiger charge is -2.28. The lowest BCUT2D eigenvalue weighted by molar-refractivity contribution is 0.388. The summed E-state index contributed by atoms with van der Waals surface area (Å²) in [6, 6.07) is 11.9.